The molecule has 0 aromatic rings. The number of carbonyl (C=O) groups excluding carboxylic acids is 1. The summed E-state index contributed by atoms with van der Waals surface area (Å²) < 4.78 is 0. The molecule has 1 heterocycles. The number of nitrogens with zero attached hydrogens (tertiary/aromatic N) is 1. The lowest BCUT2D eigenvalue weighted by Crippen LogP contribution is -2.41. The van der Waals surface area contributed by atoms with Crippen LogP contribution in [0.5, 0.6) is 0 Å². The molecule has 1 aliphatic carbocycles. The lowest BCUT2D eigenvalue weighted by molar-refractivity contribution is -0.137. The molecule has 3 N–H and O–H groups in total. The van der Waals surface area contributed by atoms with Crippen molar-refractivity contribution in [1.82, 2.24) is 4.90 Å². The molecule has 2 unspecified atom stereocenters. The highest BCUT2D eigenvalue weighted by atomic mass is 16.3. The van der Waals surface area contributed by atoms with E-state index in [1.807, 2.05) is 4.90 Å². The van der Waals surface area contributed by atoms with E-state index in [4.69, 9.17) is 5.73 Å². The lowest BCUT2D eigenvalue weighted by atomic mass is 9.78. The van der Waals surface area contributed by atoms with Gasteiger partial charge < -0.3 is 15.7 Å². The molecule has 4 nitrogen and oxygen atoms in total. The normalized spacial score (nSPS) is 35.4. The largest absolute Gasteiger partial charge is 0.391 e. The fourth-order valence-electron chi connectivity index (χ4n) is 2.99. The molecule has 1 saturated heterocycles. The fourth-order valence-corrected chi connectivity index (χ4v) is 2.99. The average Bonchev–Trinajstić information content (AvgIpc) is 2.75. The topological polar surface area (TPSA) is 66.6 Å². The quantitative estimate of drug-likeness (QED) is 0.714. The monoisotopic (exact) mass is 226 g/mol. The summed E-state index contributed by atoms with van der Waals surface area (Å²) in [4.78, 5) is 14.1. The Labute approximate surface area is 96.8 Å². The van der Waals surface area contributed by atoms with Crippen molar-refractivity contribution in [2.24, 2.45) is 17.6 Å². The number of hydrogen-bond donors (Lipinski definition) is 2. The Balaban J connectivity index is 1.96. The van der Waals surface area contributed by atoms with E-state index in [1.54, 1.807) is 0 Å². The zero-order valence-electron chi connectivity index (χ0n) is 9.77. The van der Waals surface area contributed by atoms with Crippen LogP contribution >= 0.6 is 0 Å². The maximum atomic E-state index is 12.3. The molecule has 0 spiro atoms. The lowest BCUT2D eigenvalue weighted by Gasteiger charge is -2.32. The van der Waals surface area contributed by atoms with Crippen LogP contribution in [0.3, 0.4) is 0 Å². The Kier molecular flexibility index (Phi) is 3.82. The molecule has 0 bridgehead atoms. The molecule has 2 rings (SSSR count). The molecule has 0 aromatic carbocycles. The molecule has 1 saturated carbocycles. The van der Waals surface area contributed by atoms with Gasteiger partial charge in [-0.3, -0.25) is 4.79 Å². The van der Waals surface area contributed by atoms with Crippen LogP contribution in [0.15, 0.2) is 0 Å². The van der Waals surface area contributed by atoms with E-state index < -0.39 is 0 Å². The van der Waals surface area contributed by atoms with Crippen molar-refractivity contribution >= 4 is 5.91 Å². The van der Waals surface area contributed by atoms with Gasteiger partial charge in [0.25, 0.3) is 0 Å². The van der Waals surface area contributed by atoms with E-state index in [1.165, 1.54) is 6.42 Å². The summed E-state index contributed by atoms with van der Waals surface area (Å²) >= 11 is 0. The van der Waals surface area contributed by atoms with E-state index in [0.717, 1.165) is 25.7 Å². The summed E-state index contributed by atoms with van der Waals surface area (Å²) in [6.45, 7) is 1.85. The Morgan fingerprint density at radius 3 is 2.69 bits per heavy atom. The van der Waals surface area contributed by atoms with Crippen LogP contribution in [0.25, 0.3) is 0 Å². The van der Waals surface area contributed by atoms with Crippen LogP contribution in [0.2, 0.25) is 0 Å². The number of aliphatic hydroxyl groups excluding tert-OH is 1. The SMILES string of the molecule is NCC1CCCCC1C(=O)N1CC[C@H](O)C1. The van der Waals surface area contributed by atoms with Crippen molar-refractivity contribution in [3.8, 4) is 0 Å². The van der Waals surface area contributed by atoms with Crippen molar-refractivity contribution in [2.75, 3.05) is 19.6 Å². The zero-order chi connectivity index (χ0) is 11.5. The number of rotatable bonds is 2. The van der Waals surface area contributed by atoms with Gasteiger partial charge in [0.1, 0.15) is 0 Å². The van der Waals surface area contributed by atoms with Gasteiger partial charge in [0.2, 0.25) is 5.91 Å². The number of nitrogens with two attached hydrogens (primary N) is 1. The van der Waals surface area contributed by atoms with E-state index in [2.05, 4.69) is 0 Å². The third-order valence-electron chi connectivity index (χ3n) is 4.00. The summed E-state index contributed by atoms with van der Waals surface area (Å²) in [5.41, 5.74) is 5.74. The van der Waals surface area contributed by atoms with Gasteiger partial charge >= 0.3 is 0 Å². The third kappa shape index (κ3) is 2.38. The Hall–Kier alpha value is -0.610. The molecule has 3 atom stereocenters. The number of aliphatic hydroxyl groups is 1. The number of amides is 1. The highest BCUT2D eigenvalue weighted by Gasteiger charge is 2.35. The molecule has 1 amide bonds. The van der Waals surface area contributed by atoms with Crippen LogP contribution in [0, 0.1) is 11.8 Å². The molecular weight excluding hydrogens is 204 g/mol. The minimum absolute atomic E-state index is 0.115. The van der Waals surface area contributed by atoms with E-state index in [9.17, 15) is 9.90 Å². The van der Waals surface area contributed by atoms with Gasteiger partial charge in [0.05, 0.1) is 6.10 Å². The minimum atomic E-state index is -0.316. The Morgan fingerprint density at radius 1 is 1.31 bits per heavy atom. The van der Waals surface area contributed by atoms with Crippen molar-refractivity contribution in [3.63, 3.8) is 0 Å². The van der Waals surface area contributed by atoms with Gasteiger partial charge in [-0.05, 0) is 31.7 Å². The summed E-state index contributed by atoms with van der Waals surface area (Å²) in [6, 6.07) is 0. The zero-order valence-corrected chi connectivity index (χ0v) is 9.77. The van der Waals surface area contributed by atoms with Gasteiger partial charge in [0.15, 0.2) is 0 Å². The summed E-state index contributed by atoms with van der Waals surface area (Å²) in [5.74, 6) is 0.703. The second kappa shape index (κ2) is 5.15. The number of hydrogen-bond acceptors (Lipinski definition) is 3. The molecule has 0 radical (unpaired) electrons. The van der Waals surface area contributed by atoms with E-state index in [-0.39, 0.29) is 17.9 Å². The molecule has 0 aromatic heterocycles. The van der Waals surface area contributed by atoms with Crippen molar-refractivity contribution in [2.45, 2.75) is 38.2 Å². The highest BCUT2D eigenvalue weighted by molar-refractivity contribution is 5.79. The predicted octanol–water partition coefficient (Wildman–Crippen LogP) is 0.345. The van der Waals surface area contributed by atoms with Crippen molar-refractivity contribution in [1.29, 1.82) is 0 Å². The fraction of sp³-hybridized carbons (Fsp3) is 0.917. The summed E-state index contributed by atoms with van der Waals surface area (Å²) in [5, 5.41) is 9.45. The molecule has 16 heavy (non-hydrogen) atoms. The maximum absolute atomic E-state index is 12.3. The molecule has 2 aliphatic rings. The van der Waals surface area contributed by atoms with E-state index >= 15 is 0 Å². The van der Waals surface area contributed by atoms with Crippen LogP contribution in [0.1, 0.15) is 32.1 Å². The van der Waals surface area contributed by atoms with E-state index in [0.29, 0.717) is 25.6 Å². The maximum Gasteiger partial charge on any atom is 0.226 e. The second-order valence-electron chi connectivity index (χ2n) is 5.11. The van der Waals surface area contributed by atoms with Crippen LogP contribution in [-0.4, -0.2) is 41.7 Å². The van der Waals surface area contributed by atoms with Gasteiger partial charge in [-0.1, -0.05) is 12.8 Å². The Morgan fingerprint density at radius 2 is 2.06 bits per heavy atom. The first-order chi connectivity index (χ1) is 7.72. The average molecular weight is 226 g/mol. The molecule has 1 aliphatic heterocycles. The smallest absolute Gasteiger partial charge is 0.226 e. The first-order valence-electron chi connectivity index (χ1n) is 6.39. The first-order valence-corrected chi connectivity index (χ1v) is 6.39. The summed E-state index contributed by atoms with van der Waals surface area (Å²) in [7, 11) is 0. The second-order valence-corrected chi connectivity index (χ2v) is 5.11. The number of β-amino-alcohol motifs (C(OH)–C–C–N with tert-alkyl or cyclic N) is 1. The van der Waals surface area contributed by atoms with Crippen LogP contribution in [0.4, 0.5) is 0 Å². The standard InChI is InChI=1S/C12H22N2O2/c13-7-9-3-1-2-4-11(9)12(16)14-6-5-10(15)8-14/h9-11,15H,1-8,13H2/t9?,10-,11?/m0/s1. The van der Waals surface area contributed by atoms with Crippen molar-refractivity contribution < 1.29 is 9.90 Å². The minimum Gasteiger partial charge on any atom is -0.391 e. The molecule has 4 heteroatoms. The van der Waals surface area contributed by atoms with Gasteiger partial charge in [0, 0.05) is 19.0 Å². The first kappa shape index (κ1) is 11.9. The summed E-state index contributed by atoms with van der Waals surface area (Å²) in [6.07, 6.45) is 4.82. The van der Waals surface area contributed by atoms with Gasteiger partial charge in [-0.25, -0.2) is 0 Å². The molecular formula is C12H22N2O2. The predicted molar refractivity (Wildman–Crippen MR) is 61.7 cm³/mol. The highest BCUT2D eigenvalue weighted by Crippen LogP contribution is 2.31. The third-order valence-corrected chi connectivity index (χ3v) is 4.00. The van der Waals surface area contributed by atoms with Crippen molar-refractivity contribution in [3.05, 3.63) is 0 Å². The molecule has 2 fully saturated rings. The van der Waals surface area contributed by atoms with Gasteiger partial charge in [-0.15, -0.1) is 0 Å². The molecule has 92 valence electrons. The van der Waals surface area contributed by atoms with Gasteiger partial charge in [-0.2, -0.15) is 0 Å². The van der Waals surface area contributed by atoms with Crippen LogP contribution < -0.4 is 5.73 Å². The van der Waals surface area contributed by atoms with Crippen LogP contribution in [-0.2, 0) is 4.79 Å². The number of likely N-dealkylation sites (tertiary alicyclic amines) is 1. The Bertz CT molecular complexity index is 257. The number of carbonyl (C=O) groups is 1.